The fraction of sp³-hybridized carbons (Fsp3) is 0.263. The van der Waals surface area contributed by atoms with E-state index in [-0.39, 0.29) is 12.6 Å². The number of halogens is 2. The molecule has 0 aliphatic carbocycles. The van der Waals surface area contributed by atoms with E-state index in [1.54, 1.807) is 37.3 Å². The quantitative estimate of drug-likeness (QED) is 0.726. The maximum Gasteiger partial charge on any atom is 0.338 e. The van der Waals surface area contributed by atoms with Gasteiger partial charge in [-0.25, -0.2) is 4.79 Å². The molecule has 0 aromatic heterocycles. The first kappa shape index (κ1) is 20.2. The molecule has 2 N–H and O–H groups in total. The molecule has 0 aliphatic rings. The minimum absolute atomic E-state index is 0.112. The van der Waals surface area contributed by atoms with Crippen molar-refractivity contribution in [2.75, 3.05) is 0 Å². The van der Waals surface area contributed by atoms with Crippen LogP contribution in [-0.2, 0) is 16.1 Å². The van der Waals surface area contributed by atoms with Crippen molar-refractivity contribution in [1.29, 1.82) is 0 Å². The summed E-state index contributed by atoms with van der Waals surface area (Å²) in [5.41, 5.74) is 1.69. The molecule has 0 fully saturated rings. The predicted octanol–water partition coefficient (Wildman–Crippen LogP) is 3.91. The van der Waals surface area contributed by atoms with Crippen molar-refractivity contribution in [3.05, 3.63) is 69.2 Å². The summed E-state index contributed by atoms with van der Waals surface area (Å²) in [4.78, 5) is 24.4. The molecule has 2 aromatic rings. The fourth-order valence-corrected chi connectivity index (χ4v) is 2.86. The molecule has 0 radical (unpaired) electrons. The largest absolute Gasteiger partial charge is 0.449 e. The minimum Gasteiger partial charge on any atom is -0.449 e. The van der Waals surface area contributed by atoms with Crippen LogP contribution in [0.15, 0.2) is 42.5 Å². The van der Waals surface area contributed by atoms with Crippen LogP contribution in [-0.4, -0.2) is 23.1 Å². The van der Waals surface area contributed by atoms with E-state index in [9.17, 15) is 9.59 Å². The second-order valence-corrected chi connectivity index (χ2v) is 6.64. The number of amides is 1. The standard InChI is InChI=1S/C19H19Cl2NO4/c1-11(16-8-7-15(20)9-17(16)21)22-18(24)12(2)26-19(25)14-5-3-13(10-23)4-6-14/h3-9,11-12,23H,10H2,1-2H3,(H,22,24)/t11-,12-/m1/s1. The van der Waals surface area contributed by atoms with Gasteiger partial charge in [0.1, 0.15) is 0 Å². The van der Waals surface area contributed by atoms with Crippen LogP contribution in [0, 0.1) is 0 Å². The van der Waals surface area contributed by atoms with Crippen molar-refractivity contribution in [1.82, 2.24) is 5.32 Å². The van der Waals surface area contributed by atoms with E-state index < -0.39 is 18.0 Å². The van der Waals surface area contributed by atoms with Gasteiger partial charge in [-0.3, -0.25) is 4.79 Å². The van der Waals surface area contributed by atoms with Crippen molar-refractivity contribution >= 4 is 35.1 Å². The molecule has 0 spiro atoms. The van der Waals surface area contributed by atoms with E-state index in [4.69, 9.17) is 33.0 Å². The zero-order valence-electron chi connectivity index (χ0n) is 14.3. The molecule has 0 heterocycles. The first-order valence-electron chi connectivity index (χ1n) is 7.98. The van der Waals surface area contributed by atoms with Crippen molar-refractivity contribution < 1.29 is 19.4 Å². The van der Waals surface area contributed by atoms with Gasteiger partial charge in [0.2, 0.25) is 0 Å². The summed E-state index contributed by atoms with van der Waals surface area (Å²) < 4.78 is 5.19. The van der Waals surface area contributed by atoms with Gasteiger partial charge in [0.25, 0.3) is 5.91 Å². The van der Waals surface area contributed by atoms with Gasteiger partial charge in [0.15, 0.2) is 6.10 Å². The molecule has 5 nitrogen and oxygen atoms in total. The number of aliphatic hydroxyl groups is 1. The molecule has 0 saturated heterocycles. The topological polar surface area (TPSA) is 75.6 Å². The van der Waals surface area contributed by atoms with Crippen molar-refractivity contribution in [3.8, 4) is 0 Å². The lowest BCUT2D eigenvalue weighted by Crippen LogP contribution is -2.37. The third-order valence-electron chi connectivity index (χ3n) is 3.81. The molecule has 2 aromatic carbocycles. The normalized spacial score (nSPS) is 13.0. The second kappa shape index (κ2) is 9.03. The average Bonchev–Trinajstić information content (AvgIpc) is 2.61. The molecular formula is C19H19Cl2NO4. The molecule has 0 saturated carbocycles. The Kier molecular flexibility index (Phi) is 7.03. The highest BCUT2D eigenvalue weighted by atomic mass is 35.5. The first-order chi connectivity index (χ1) is 12.3. The smallest absolute Gasteiger partial charge is 0.338 e. The van der Waals surface area contributed by atoms with E-state index >= 15 is 0 Å². The minimum atomic E-state index is -0.978. The SMILES string of the molecule is C[C@@H](OC(=O)c1ccc(CO)cc1)C(=O)N[C@H](C)c1ccc(Cl)cc1Cl. The molecule has 138 valence electrons. The summed E-state index contributed by atoms with van der Waals surface area (Å²) in [6.07, 6.45) is -0.978. The van der Waals surface area contributed by atoms with Gasteiger partial charge in [-0.1, -0.05) is 41.4 Å². The van der Waals surface area contributed by atoms with Gasteiger partial charge >= 0.3 is 5.97 Å². The van der Waals surface area contributed by atoms with Crippen molar-refractivity contribution in [3.63, 3.8) is 0 Å². The van der Waals surface area contributed by atoms with Gasteiger partial charge < -0.3 is 15.2 Å². The summed E-state index contributed by atoms with van der Waals surface area (Å²) in [5, 5.41) is 12.7. The Balaban J connectivity index is 1.96. The third-order valence-corrected chi connectivity index (χ3v) is 4.38. The van der Waals surface area contributed by atoms with Gasteiger partial charge in [-0.05, 0) is 49.2 Å². The highest BCUT2D eigenvalue weighted by molar-refractivity contribution is 6.35. The van der Waals surface area contributed by atoms with Crippen LogP contribution in [0.3, 0.4) is 0 Å². The molecule has 7 heteroatoms. The Bertz CT molecular complexity index is 793. The van der Waals surface area contributed by atoms with Crippen LogP contribution in [0.5, 0.6) is 0 Å². The van der Waals surface area contributed by atoms with Gasteiger partial charge in [-0.15, -0.1) is 0 Å². The summed E-state index contributed by atoms with van der Waals surface area (Å²) in [5.74, 6) is -1.06. The third kappa shape index (κ3) is 5.21. The summed E-state index contributed by atoms with van der Waals surface area (Å²) in [6, 6.07) is 10.9. The monoisotopic (exact) mass is 395 g/mol. The molecule has 0 aliphatic heterocycles. The maximum absolute atomic E-state index is 12.3. The second-order valence-electron chi connectivity index (χ2n) is 5.80. The molecule has 2 atom stereocenters. The van der Waals surface area contributed by atoms with Gasteiger partial charge in [-0.2, -0.15) is 0 Å². The van der Waals surface area contributed by atoms with E-state index in [1.165, 1.54) is 19.1 Å². The Morgan fingerprint density at radius 3 is 2.35 bits per heavy atom. The summed E-state index contributed by atoms with van der Waals surface area (Å²) in [6.45, 7) is 3.15. The van der Waals surface area contributed by atoms with Gasteiger partial charge in [0, 0.05) is 10.0 Å². The molecule has 0 unspecified atom stereocenters. The highest BCUT2D eigenvalue weighted by Crippen LogP contribution is 2.26. The van der Waals surface area contributed by atoms with Crippen LogP contribution in [0.2, 0.25) is 10.0 Å². The first-order valence-corrected chi connectivity index (χ1v) is 8.73. The number of nitrogens with one attached hydrogen (secondary N) is 1. The van der Waals surface area contributed by atoms with E-state index in [0.717, 1.165) is 0 Å². The lowest BCUT2D eigenvalue weighted by molar-refractivity contribution is -0.129. The van der Waals surface area contributed by atoms with Crippen LogP contribution < -0.4 is 5.32 Å². The number of carbonyl (C=O) groups is 2. The van der Waals surface area contributed by atoms with Crippen LogP contribution in [0.4, 0.5) is 0 Å². The Hall–Kier alpha value is -2.08. The molecule has 0 bridgehead atoms. The Morgan fingerprint density at radius 1 is 1.12 bits per heavy atom. The van der Waals surface area contributed by atoms with E-state index in [0.29, 0.717) is 26.7 Å². The maximum atomic E-state index is 12.3. The van der Waals surface area contributed by atoms with Gasteiger partial charge in [0.05, 0.1) is 18.2 Å². The fourth-order valence-electron chi connectivity index (χ4n) is 2.29. The number of rotatable bonds is 6. The van der Waals surface area contributed by atoms with Crippen LogP contribution >= 0.6 is 23.2 Å². The lowest BCUT2D eigenvalue weighted by Gasteiger charge is -2.19. The Morgan fingerprint density at radius 2 is 1.77 bits per heavy atom. The molecule has 2 rings (SSSR count). The Labute approximate surface area is 161 Å². The van der Waals surface area contributed by atoms with E-state index in [2.05, 4.69) is 5.32 Å². The van der Waals surface area contributed by atoms with Crippen LogP contribution in [0.25, 0.3) is 0 Å². The van der Waals surface area contributed by atoms with Crippen molar-refractivity contribution in [2.24, 2.45) is 0 Å². The number of carbonyl (C=O) groups excluding carboxylic acids is 2. The number of hydrogen-bond donors (Lipinski definition) is 2. The number of hydrogen-bond acceptors (Lipinski definition) is 4. The van der Waals surface area contributed by atoms with E-state index in [1.807, 2.05) is 0 Å². The zero-order valence-corrected chi connectivity index (χ0v) is 15.8. The molecule has 1 amide bonds. The number of ether oxygens (including phenoxy) is 1. The lowest BCUT2D eigenvalue weighted by atomic mass is 10.1. The highest BCUT2D eigenvalue weighted by Gasteiger charge is 2.21. The summed E-state index contributed by atoms with van der Waals surface area (Å²) in [7, 11) is 0. The average molecular weight is 396 g/mol. The summed E-state index contributed by atoms with van der Waals surface area (Å²) >= 11 is 12.0. The molecule has 26 heavy (non-hydrogen) atoms. The number of aliphatic hydroxyl groups excluding tert-OH is 1. The zero-order chi connectivity index (χ0) is 19.3. The predicted molar refractivity (Wildman–Crippen MR) is 100 cm³/mol. The number of benzene rings is 2. The molecular weight excluding hydrogens is 377 g/mol. The van der Waals surface area contributed by atoms with Crippen LogP contribution in [0.1, 0.15) is 41.4 Å². The number of esters is 1. The van der Waals surface area contributed by atoms with Crippen molar-refractivity contribution in [2.45, 2.75) is 32.6 Å².